The molecule has 2 aromatic rings. The van der Waals surface area contributed by atoms with E-state index >= 15 is 0 Å². The number of nitrogens with one attached hydrogen (secondary N) is 1. The van der Waals surface area contributed by atoms with Crippen LogP contribution in [0.15, 0.2) is 36.4 Å². The van der Waals surface area contributed by atoms with E-state index in [1.54, 1.807) is 29.2 Å². The van der Waals surface area contributed by atoms with Crippen molar-refractivity contribution in [3.8, 4) is 0 Å². The monoisotopic (exact) mass is 406 g/mol. The van der Waals surface area contributed by atoms with Crippen LogP contribution in [0.3, 0.4) is 0 Å². The minimum Gasteiger partial charge on any atom is -0.363 e. The third-order valence-corrected chi connectivity index (χ3v) is 6.04. The number of aromatic nitrogens is 2. The van der Waals surface area contributed by atoms with Crippen LogP contribution < -0.4 is 5.32 Å². The summed E-state index contributed by atoms with van der Waals surface area (Å²) in [4.78, 5) is 14.8. The molecule has 0 aliphatic carbocycles. The number of carbonyl (C=O) groups excluding carboxylic acids is 1. The topological polar surface area (TPSA) is 50.2 Å². The Bertz CT molecular complexity index is 870. The molecular weight excluding hydrogens is 381 g/mol. The molecule has 8 heteroatoms. The summed E-state index contributed by atoms with van der Waals surface area (Å²) in [6.45, 7) is 3.96. The van der Waals surface area contributed by atoms with Crippen LogP contribution in [-0.4, -0.2) is 38.8 Å². The fourth-order valence-electron chi connectivity index (χ4n) is 4.54. The number of carbonyl (C=O) groups is 1. The van der Waals surface area contributed by atoms with Crippen molar-refractivity contribution in [3.63, 3.8) is 0 Å². The number of hydrogen-bond donors (Lipinski definition) is 1. The predicted octanol–water partition coefficient (Wildman–Crippen LogP) is 4.95. The molecule has 1 fully saturated rings. The summed E-state index contributed by atoms with van der Waals surface area (Å²) in [5.41, 5.74) is 0.844. The van der Waals surface area contributed by atoms with Gasteiger partial charge in [-0.2, -0.15) is 18.3 Å². The molecule has 2 aliphatic heterocycles. The Balaban J connectivity index is 1.68. The van der Waals surface area contributed by atoms with E-state index in [1.165, 1.54) is 6.07 Å². The maximum atomic E-state index is 13.8. The number of halogens is 3. The second-order valence-electron chi connectivity index (χ2n) is 8.10. The fraction of sp³-hybridized carbons (Fsp3) is 0.524. The van der Waals surface area contributed by atoms with Gasteiger partial charge in [0, 0.05) is 24.6 Å². The highest BCUT2D eigenvalue weighted by atomic mass is 19.4. The van der Waals surface area contributed by atoms with Gasteiger partial charge in [0.1, 0.15) is 5.82 Å². The third kappa shape index (κ3) is 3.72. The first-order chi connectivity index (χ1) is 13.8. The van der Waals surface area contributed by atoms with Gasteiger partial charge in [0.15, 0.2) is 11.7 Å². The summed E-state index contributed by atoms with van der Waals surface area (Å²) in [7, 11) is 0. The normalized spacial score (nSPS) is 27.3. The summed E-state index contributed by atoms with van der Waals surface area (Å²) in [5, 5.41) is 7.26. The summed E-state index contributed by atoms with van der Waals surface area (Å²) >= 11 is 0. The summed E-state index contributed by atoms with van der Waals surface area (Å²) in [6.07, 6.45) is -1.80. The van der Waals surface area contributed by atoms with Gasteiger partial charge in [-0.1, -0.05) is 30.3 Å². The zero-order valence-electron chi connectivity index (χ0n) is 16.5. The molecule has 0 saturated carbocycles. The molecule has 1 amide bonds. The quantitative estimate of drug-likeness (QED) is 0.768. The highest BCUT2D eigenvalue weighted by molar-refractivity contribution is 5.93. The summed E-state index contributed by atoms with van der Waals surface area (Å²) in [6, 6.07) is 8.34. The first-order valence-corrected chi connectivity index (χ1v) is 10.1. The van der Waals surface area contributed by atoms with Gasteiger partial charge in [-0.25, -0.2) is 4.68 Å². The van der Waals surface area contributed by atoms with E-state index < -0.39 is 18.3 Å². The van der Waals surface area contributed by atoms with Crippen molar-refractivity contribution in [1.82, 2.24) is 14.7 Å². The summed E-state index contributed by atoms with van der Waals surface area (Å²) < 4.78 is 42.4. The van der Waals surface area contributed by atoms with Crippen LogP contribution in [0.25, 0.3) is 0 Å². The van der Waals surface area contributed by atoms with Crippen molar-refractivity contribution in [2.75, 3.05) is 5.32 Å². The van der Waals surface area contributed by atoms with E-state index in [0.717, 1.165) is 29.5 Å². The zero-order chi connectivity index (χ0) is 20.8. The number of nitrogens with zero attached hydrogens (tertiary/aromatic N) is 3. The minimum absolute atomic E-state index is 0.0495. The molecule has 0 radical (unpaired) electrons. The molecule has 1 aromatic heterocycles. The van der Waals surface area contributed by atoms with E-state index in [0.29, 0.717) is 0 Å². The van der Waals surface area contributed by atoms with Crippen molar-refractivity contribution in [2.45, 2.75) is 69.9 Å². The molecule has 4 atom stereocenters. The smallest absolute Gasteiger partial charge is 0.363 e. The highest BCUT2D eigenvalue weighted by Gasteiger charge is 2.47. The Morgan fingerprint density at radius 1 is 1.14 bits per heavy atom. The van der Waals surface area contributed by atoms with Crippen molar-refractivity contribution in [1.29, 1.82) is 0 Å². The Kier molecular flexibility index (Phi) is 5.04. The first kappa shape index (κ1) is 19.8. The standard InChI is InChI=1S/C21H25F3N4O/c1-13-7-6-8-14(2)27(13)20(29)17-12-19-25-16(15-9-4-3-5-10-15)11-18(21(22,23)24)28(19)26-17/h3-5,9-10,12-14,16,18,25H,6-8,11H2,1-2H3/t13-,14+,16-,18+/m1/s1. The van der Waals surface area contributed by atoms with Crippen molar-refractivity contribution >= 4 is 11.7 Å². The minimum atomic E-state index is -4.46. The van der Waals surface area contributed by atoms with Crippen molar-refractivity contribution in [2.24, 2.45) is 0 Å². The van der Waals surface area contributed by atoms with Crippen LogP contribution in [0.1, 0.15) is 67.7 Å². The lowest BCUT2D eigenvalue weighted by Gasteiger charge is -2.38. The number of hydrogen-bond acceptors (Lipinski definition) is 3. The molecule has 0 spiro atoms. The van der Waals surface area contributed by atoms with E-state index in [4.69, 9.17) is 0 Å². The van der Waals surface area contributed by atoms with E-state index in [2.05, 4.69) is 10.4 Å². The number of piperidine rings is 1. The fourth-order valence-corrected chi connectivity index (χ4v) is 4.54. The van der Waals surface area contributed by atoms with Gasteiger partial charge in [-0.15, -0.1) is 0 Å². The van der Waals surface area contributed by atoms with Gasteiger partial charge < -0.3 is 10.2 Å². The lowest BCUT2D eigenvalue weighted by Crippen LogP contribution is -2.47. The number of anilines is 1. The van der Waals surface area contributed by atoms with Crippen LogP contribution >= 0.6 is 0 Å². The number of benzene rings is 1. The van der Waals surface area contributed by atoms with Crippen LogP contribution in [0.5, 0.6) is 0 Å². The van der Waals surface area contributed by atoms with Gasteiger partial charge in [0.25, 0.3) is 5.91 Å². The van der Waals surface area contributed by atoms with Gasteiger partial charge in [0.05, 0.1) is 6.04 Å². The molecular formula is C21H25F3N4O. The number of rotatable bonds is 2. The average molecular weight is 406 g/mol. The van der Waals surface area contributed by atoms with E-state index in [-0.39, 0.29) is 35.9 Å². The largest absolute Gasteiger partial charge is 0.410 e. The van der Waals surface area contributed by atoms with Crippen LogP contribution in [0.2, 0.25) is 0 Å². The molecule has 1 aromatic carbocycles. The predicted molar refractivity (Wildman–Crippen MR) is 104 cm³/mol. The maximum absolute atomic E-state index is 13.8. The second kappa shape index (κ2) is 7.39. The lowest BCUT2D eigenvalue weighted by molar-refractivity contribution is -0.173. The lowest BCUT2D eigenvalue weighted by atomic mass is 9.97. The second-order valence-corrected chi connectivity index (χ2v) is 8.10. The molecule has 29 heavy (non-hydrogen) atoms. The van der Waals surface area contributed by atoms with Crippen LogP contribution in [-0.2, 0) is 0 Å². The van der Waals surface area contributed by atoms with Gasteiger partial charge >= 0.3 is 6.18 Å². The maximum Gasteiger partial charge on any atom is 0.410 e. The van der Waals surface area contributed by atoms with Gasteiger partial charge in [0.2, 0.25) is 0 Å². The van der Waals surface area contributed by atoms with E-state index in [9.17, 15) is 18.0 Å². The Hall–Kier alpha value is -2.51. The number of amides is 1. The molecule has 5 nitrogen and oxygen atoms in total. The zero-order valence-corrected chi connectivity index (χ0v) is 16.5. The summed E-state index contributed by atoms with van der Waals surface area (Å²) in [5.74, 6) is -0.0707. The molecule has 156 valence electrons. The average Bonchev–Trinajstić information content (AvgIpc) is 3.11. The molecule has 3 heterocycles. The Labute approximate surface area is 167 Å². The Morgan fingerprint density at radius 3 is 2.41 bits per heavy atom. The Morgan fingerprint density at radius 2 is 1.79 bits per heavy atom. The molecule has 4 rings (SSSR count). The first-order valence-electron chi connectivity index (χ1n) is 10.1. The van der Waals surface area contributed by atoms with Crippen molar-refractivity contribution in [3.05, 3.63) is 47.7 Å². The molecule has 0 unspecified atom stereocenters. The number of alkyl halides is 3. The SMILES string of the molecule is C[C@@H]1CCC[C@H](C)N1C(=O)c1cc2n(n1)[C@H](C(F)(F)F)C[C@H](c1ccccc1)N2. The number of fused-ring (bicyclic) bond motifs is 1. The molecule has 2 aliphatic rings. The highest BCUT2D eigenvalue weighted by Crippen LogP contribution is 2.43. The van der Waals surface area contributed by atoms with Crippen LogP contribution in [0.4, 0.5) is 19.0 Å². The van der Waals surface area contributed by atoms with Gasteiger partial charge in [-0.05, 0) is 38.7 Å². The molecule has 1 saturated heterocycles. The third-order valence-electron chi connectivity index (χ3n) is 6.04. The van der Waals surface area contributed by atoms with Gasteiger partial charge in [-0.3, -0.25) is 4.79 Å². The molecule has 1 N–H and O–H groups in total. The number of likely N-dealkylation sites (tertiary alicyclic amines) is 1. The van der Waals surface area contributed by atoms with Crippen molar-refractivity contribution < 1.29 is 18.0 Å². The van der Waals surface area contributed by atoms with Crippen LogP contribution in [0, 0.1) is 0 Å². The molecule has 0 bridgehead atoms. The van der Waals surface area contributed by atoms with E-state index in [1.807, 2.05) is 19.9 Å².